The van der Waals surface area contributed by atoms with Crippen LogP contribution in [-0.2, 0) is 16.0 Å². The standard InChI is InChI=1S/C21H18BrF3N2O2S2/c22-15-5-3-4-14(12-15)18-13-30-20(26-18)27-10-8-16(9-11-27)31(28,29)19-7-2-1-6-17(19)21(23,24)25/h1-7,12-13,16H,8-11H2. The summed E-state index contributed by atoms with van der Waals surface area (Å²) in [6.45, 7) is 0.840. The van der Waals surface area contributed by atoms with E-state index in [2.05, 4.69) is 20.9 Å². The molecule has 4 nitrogen and oxygen atoms in total. The van der Waals surface area contributed by atoms with Crippen LogP contribution < -0.4 is 4.90 Å². The summed E-state index contributed by atoms with van der Waals surface area (Å²) in [5.41, 5.74) is 0.698. The van der Waals surface area contributed by atoms with E-state index in [1.54, 1.807) is 0 Å². The Hall–Kier alpha value is -1.91. The molecule has 2 heterocycles. The molecule has 1 aliphatic rings. The van der Waals surface area contributed by atoms with Crippen LogP contribution in [0.25, 0.3) is 11.3 Å². The van der Waals surface area contributed by atoms with E-state index < -0.39 is 31.7 Å². The lowest BCUT2D eigenvalue weighted by atomic mass is 10.1. The fourth-order valence-corrected chi connectivity index (χ4v) is 6.91. The third-order valence-electron chi connectivity index (χ3n) is 5.26. The summed E-state index contributed by atoms with van der Waals surface area (Å²) in [4.78, 5) is 6.02. The Kier molecular flexibility index (Phi) is 6.15. The van der Waals surface area contributed by atoms with Gasteiger partial charge in [-0.3, -0.25) is 0 Å². The van der Waals surface area contributed by atoms with Gasteiger partial charge in [0, 0.05) is 28.5 Å². The minimum atomic E-state index is -4.71. The van der Waals surface area contributed by atoms with Gasteiger partial charge in [-0.05, 0) is 37.1 Å². The maximum absolute atomic E-state index is 13.3. The number of aromatic nitrogens is 1. The minimum Gasteiger partial charge on any atom is -0.348 e. The van der Waals surface area contributed by atoms with Crippen LogP contribution in [0.5, 0.6) is 0 Å². The van der Waals surface area contributed by atoms with Gasteiger partial charge in [0.2, 0.25) is 0 Å². The van der Waals surface area contributed by atoms with E-state index in [1.807, 2.05) is 34.5 Å². The topological polar surface area (TPSA) is 50.3 Å². The largest absolute Gasteiger partial charge is 0.417 e. The van der Waals surface area contributed by atoms with E-state index in [0.29, 0.717) is 13.1 Å². The lowest BCUT2D eigenvalue weighted by Crippen LogP contribution is -2.39. The molecule has 10 heteroatoms. The quantitative estimate of drug-likeness (QED) is 0.413. The molecule has 1 saturated heterocycles. The van der Waals surface area contributed by atoms with Crippen LogP contribution >= 0.6 is 27.3 Å². The van der Waals surface area contributed by atoms with Crippen molar-refractivity contribution >= 4 is 42.2 Å². The van der Waals surface area contributed by atoms with E-state index in [-0.39, 0.29) is 12.8 Å². The van der Waals surface area contributed by atoms with Gasteiger partial charge in [-0.15, -0.1) is 11.3 Å². The molecule has 1 aromatic heterocycles. The molecule has 0 aliphatic carbocycles. The third kappa shape index (κ3) is 4.65. The molecular formula is C21H18BrF3N2O2S2. The second-order valence-electron chi connectivity index (χ2n) is 7.25. The lowest BCUT2D eigenvalue weighted by molar-refractivity contribution is -0.139. The zero-order valence-electron chi connectivity index (χ0n) is 16.1. The highest BCUT2D eigenvalue weighted by molar-refractivity contribution is 9.10. The number of hydrogen-bond donors (Lipinski definition) is 0. The van der Waals surface area contributed by atoms with Crippen LogP contribution in [0.2, 0.25) is 0 Å². The smallest absolute Gasteiger partial charge is 0.348 e. The maximum atomic E-state index is 13.3. The molecule has 4 rings (SSSR count). The van der Waals surface area contributed by atoms with E-state index in [4.69, 9.17) is 0 Å². The molecule has 3 aromatic rings. The summed E-state index contributed by atoms with van der Waals surface area (Å²) in [6.07, 6.45) is -4.21. The summed E-state index contributed by atoms with van der Waals surface area (Å²) in [6, 6.07) is 12.2. The van der Waals surface area contributed by atoms with Gasteiger partial charge in [0.1, 0.15) is 0 Å². The van der Waals surface area contributed by atoms with Gasteiger partial charge in [0.15, 0.2) is 15.0 Å². The number of thiazole rings is 1. The van der Waals surface area contributed by atoms with E-state index >= 15 is 0 Å². The summed E-state index contributed by atoms with van der Waals surface area (Å²) < 4.78 is 66.9. The zero-order chi connectivity index (χ0) is 22.2. The number of sulfone groups is 1. The first-order chi connectivity index (χ1) is 14.7. The second-order valence-corrected chi connectivity index (χ2v) is 11.2. The van der Waals surface area contributed by atoms with Gasteiger partial charge in [-0.2, -0.15) is 13.2 Å². The SMILES string of the molecule is O=S(=O)(c1ccccc1C(F)(F)F)C1CCN(c2nc(-c3cccc(Br)c3)cs2)CC1. The molecule has 0 N–H and O–H groups in total. The van der Waals surface area contributed by atoms with Crippen molar-refractivity contribution in [2.24, 2.45) is 0 Å². The number of anilines is 1. The molecule has 0 spiro atoms. The molecule has 0 amide bonds. The molecule has 0 atom stereocenters. The Morgan fingerprint density at radius 3 is 2.45 bits per heavy atom. The fourth-order valence-electron chi connectivity index (χ4n) is 3.68. The number of halogens is 4. The first-order valence-electron chi connectivity index (χ1n) is 9.53. The average molecular weight is 531 g/mol. The van der Waals surface area contributed by atoms with Crippen LogP contribution in [0.3, 0.4) is 0 Å². The fraction of sp³-hybridized carbons (Fsp3) is 0.286. The number of piperidine rings is 1. The number of benzene rings is 2. The van der Waals surface area contributed by atoms with Gasteiger partial charge in [0.05, 0.1) is 21.4 Å². The molecule has 2 aromatic carbocycles. The van der Waals surface area contributed by atoms with Crippen molar-refractivity contribution in [3.63, 3.8) is 0 Å². The number of rotatable bonds is 4. The van der Waals surface area contributed by atoms with Crippen LogP contribution in [0, 0.1) is 0 Å². The van der Waals surface area contributed by atoms with Gasteiger partial charge in [-0.1, -0.05) is 40.2 Å². The maximum Gasteiger partial charge on any atom is 0.417 e. The van der Waals surface area contributed by atoms with Crippen molar-refractivity contribution in [2.45, 2.75) is 29.2 Å². The van der Waals surface area contributed by atoms with E-state index in [0.717, 1.165) is 33.0 Å². The summed E-state index contributed by atoms with van der Waals surface area (Å²) in [5.74, 6) is 0. The highest BCUT2D eigenvalue weighted by Crippen LogP contribution is 2.37. The Bertz CT molecular complexity index is 1190. The summed E-state index contributed by atoms with van der Waals surface area (Å²) >= 11 is 4.91. The molecule has 0 bridgehead atoms. The predicted octanol–water partition coefficient (Wildman–Crippen LogP) is 6.03. The normalized spacial score (nSPS) is 15.9. The highest BCUT2D eigenvalue weighted by Gasteiger charge is 2.40. The van der Waals surface area contributed by atoms with Crippen molar-refractivity contribution in [3.05, 3.63) is 63.9 Å². The monoisotopic (exact) mass is 530 g/mol. The van der Waals surface area contributed by atoms with Gasteiger partial charge < -0.3 is 4.90 Å². The third-order valence-corrected chi connectivity index (χ3v) is 8.98. The Labute approximate surface area is 190 Å². The summed E-state index contributed by atoms with van der Waals surface area (Å²) in [5, 5.41) is 1.87. The van der Waals surface area contributed by atoms with Crippen LogP contribution in [-0.4, -0.2) is 31.7 Å². The molecular weight excluding hydrogens is 513 g/mol. The average Bonchev–Trinajstić information content (AvgIpc) is 3.24. The van der Waals surface area contributed by atoms with Gasteiger partial charge in [-0.25, -0.2) is 13.4 Å². The molecule has 31 heavy (non-hydrogen) atoms. The lowest BCUT2D eigenvalue weighted by Gasteiger charge is -2.31. The zero-order valence-corrected chi connectivity index (χ0v) is 19.4. The van der Waals surface area contributed by atoms with Gasteiger partial charge >= 0.3 is 6.18 Å². The van der Waals surface area contributed by atoms with Crippen LogP contribution in [0.4, 0.5) is 18.3 Å². The molecule has 1 aliphatic heterocycles. The first-order valence-corrected chi connectivity index (χ1v) is 12.7. The van der Waals surface area contributed by atoms with Crippen molar-refractivity contribution < 1.29 is 21.6 Å². The van der Waals surface area contributed by atoms with Crippen molar-refractivity contribution in [1.82, 2.24) is 4.98 Å². The van der Waals surface area contributed by atoms with E-state index in [9.17, 15) is 21.6 Å². The number of alkyl halides is 3. The number of nitrogens with zero attached hydrogens (tertiary/aromatic N) is 2. The van der Waals surface area contributed by atoms with Crippen LogP contribution in [0.1, 0.15) is 18.4 Å². The molecule has 164 valence electrons. The van der Waals surface area contributed by atoms with Crippen molar-refractivity contribution in [2.75, 3.05) is 18.0 Å². The summed E-state index contributed by atoms with van der Waals surface area (Å²) in [7, 11) is -4.09. The molecule has 0 saturated carbocycles. The van der Waals surface area contributed by atoms with Crippen LogP contribution in [0.15, 0.2) is 63.3 Å². The first kappa shape index (κ1) is 22.3. The predicted molar refractivity (Wildman–Crippen MR) is 119 cm³/mol. The van der Waals surface area contributed by atoms with Gasteiger partial charge in [0.25, 0.3) is 0 Å². The van der Waals surface area contributed by atoms with Crippen molar-refractivity contribution in [3.8, 4) is 11.3 Å². The van der Waals surface area contributed by atoms with E-state index in [1.165, 1.54) is 23.5 Å². The second kappa shape index (κ2) is 8.55. The number of hydrogen-bond acceptors (Lipinski definition) is 5. The van der Waals surface area contributed by atoms with Crippen molar-refractivity contribution in [1.29, 1.82) is 0 Å². The molecule has 0 unspecified atom stereocenters. The Morgan fingerprint density at radius 2 is 1.77 bits per heavy atom. The Morgan fingerprint density at radius 1 is 1.06 bits per heavy atom. The highest BCUT2D eigenvalue weighted by atomic mass is 79.9. The molecule has 1 fully saturated rings. The minimum absolute atomic E-state index is 0.250. The molecule has 0 radical (unpaired) electrons. The Balaban J connectivity index is 1.50.